The molecule has 4 aromatic rings. The van der Waals surface area contributed by atoms with E-state index in [1.54, 1.807) is 18.4 Å². The predicted octanol–water partition coefficient (Wildman–Crippen LogP) is 8.30. The lowest BCUT2D eigenvalue weighted by Gasteiger charge is -2.25. The molecular weight excluding hydrogens is 475 g/mol. The summed E-state index contributed by atoms with van der Waals surface area (Å²) in [7, 11) is 1.64. The molecule has 0 spiro atoms. The summed E-state index contributed by atoms with van der Waals surface area (Å²) in [4.78, 5) is 8.46. The van der Waals surface area contributed by atoms with Crippen LogP contribution in [-0.2, 0) is 0 Å². The molecule has 0 N–H and O–H groups in total. The Labute approximate surface area is 210 Å². The molecule has 174 valence electrons. The molecule has 1 heterocycles. The maximum absolute atomic E-state index is 6.58. The minimum absolute atomic E-state index is 0. The number of hydrogen-bond acceptors (Lipinski definition) is 5. The molecular formula is C26H28Cl2N2O2S. The fraction of sp³-hybridized carbons (Fsp3) is 0.269. The Balaban J connectivity index is 0.00000306. The number of rotatable bonds is 8. The zero-order chi connectivity index (χ0) is 22.7. The number of anilines is 2. The first-order chi connectivity index (χ1) is 15.6. The van der Waals surface area contributed by atoms with Crippen molar-refractivity contribution in [3.05, 3.63) is 64.5 Å². The second-order valence-electron chi connectivity index (χ2n) is 7.47. The molecule has 7 heteroatoms. The average Bonchev–Trinajstić information content (AvgIpc) is 3.18. The third kappa shape index (κ3) is 5.06. The Morgan fingerprint density at radius 2 is 1.85 bits per heavy atom. The number of nitrogens with zero attached hydrogens (tertiary/aromatic N) is 2. The molecule has 3 aromatic carbocycles. The number of aryl methyl sites for hydroxylation is 1. The van der Waals surface area contributed by atoms with Gasteiger partial charge in [0.2, 0.25) is 0 Å². The third-order valence-corrected chi connectivity index (χ3v) is 6.63. The van der Waals surface area contributed by atoms with Gasteiger partial charge >= 0.3 is 0 Å². The number of fused-ring (bicyclic) bond motifs is 1. The first-order valence-corrected chi connectivity index (χ1v) is 12.0. The normalized spacial score (nSPS) is 10.7. The molecule has 0 aliphatic rings. The molecule has 4 nitrogen and oxygen atoms in total. The summed E-state index contributed by atoms with van der Waals surface area (Å²) in [6.07, 6.45) is 0.978. The monoisotopic (exact) mass is 502 g/mol. The van der Waals surface area contributed by atoms with Crippen molar-refractivity contribution in [3.63, 3.8) is 0 Å². The highest BCUT2D eigenvalue weighted by molar-refractivity contribution is 7.16. The van der Waals surface area contributed by atoms with E-state index in [9.17, 15) is 0 Å². The van der Waals surface area contributed by atoms with Crippen molar-refractivity contribution in [2.24, 2.45) is 0 Å². The molecule has 0 unspecified atom stereocenters. The lowest BCUT2D eigenvalue weighted by atomic mass is 10.1. The van der Waals surface area contributed by atoms with Gasteiger partial charge in [-0.05, 0) is 49.9 Å². The second kappa shape index (κ2) is 11.1. The molecule has 0 bridgehead atoms. The van der Waals surface area contributed by atoms with Crippen LogP contribution in [-0.4, -0.2) is 25.2 Å². The maximum Gasteiger partial charge on any atom is 0.190 e. The fourth-order valence-electron chi connectivity index (χ4n) is 3.87. The van der Waals surface area contributed by atoms with Crippen LogP contribution in [0.25, 0.3) is 22.0 Å². The fourth-order valence-corrected chi connectivity index (χ4v) is 5.09. The van der Waals surface area contributed by atoms with Gasteiger partial charge in [0.15, 0.2) is 5.13 Å². The quantitative estimate of drug-likeness (QED) is 0.242. The Bertz CT molecular complexity index is 1240. The molecule has 0 saturated carbocycles. The van der Waals surface area contributed by atoms with Gasteiger partial charge in [0.25, 0.3) is 0 Å². The molecule has 0 fully saturated rings. The zero-order valence-corrected chi connectivity index (χ0v) is 21.6. The molecule has 33 heavy (non-hydrogen) atoms. The summed E-state index contributed by atoms with van der Waals surface area (Å²) < 4.78 is 11.4. The minimum Gasteiger partial charge on any atom is -0.497 e. The number of hydrogen-bond donors (Lipinski definition) is 0. The maximum atomic E-state index is 6.58. The standard InChI is InChI=1S/C26H27ClN2O2S.ClH/c1-5-15-29(25-20-10-8-7-9-18(20)11-14-23(25)31-6-2)26-28-24(17(3)32-26)21-13-12-19(30-4)16-22(21)27;/h7-14,16H,5-6,15H2,1-4H3;1H. The molecule has 0 radical (unpaired) electrons. The molecule has 1 aromatic heterocycles. The van der Waals surface area contributed by atoms with Crippen LogP contribution >= 0.6 is 35.3 Å². The van der Waals surface area contributed by atoms with Crippen molar-refractivity contribution < 1.29 is 9.47 Å². The van der Waals surface area contributed by atoms with Crippen LogP contribution < -0.4 is 14.4 Å². The summed E-state index contributed by atoms with van der Waals surface area (Å²) in [6, 6.07) is 18.3. The van der Waals surface area contributed by atoms with E-state index in [1.165, 1.54) is 5.39 Å². The van der Waals surface area contributed by atoms with Crippen LogP contribution in [0, 0.1) is 6.92 Å². The van der Waals surface area contributed by atoms with Crippen molar-refractivity contribution in [3.8, 4) is 22.8 Å². The number of aromatic nitrogens is 1. The highest BCUT2D eigenvalue weighted by atomic mass is 35.5. The van der Waals surface area contributed by atoms with E-state index in [0.29, 0.717) is 11.6 Å². The van der Waals surface area contributed by atoms with Crippen molar-refractivity contribution in [1.82, 2.24) is 4.98 Å². The third-order valence-electron chi connectivity index (χ3n) is 5.33. The summed E-state index contributed by atoms with van der Waals surface area (Å²) in [5, 5.41) is 3.90. The highest BCUT2D eigenvalue weighted by Crippen LogP contribution is 2.44. The Morgan fingerprint density at radius 1 is 1.06 bits per heavy atom. The lowest BCUT2D eigenvalue weighted by Crippen LogP contribution is -2.19. The molecule has 0 amide bonds. The van der Waals surface area contributed by atoms with Gasteiger partial charge in [-0.3, -0.25) is 0 Å². The van der Waals surface area contributed by atoms with Gasteiger partial charge in [-0.2, -0.15) is 0 Å². The van der Waals surface area contributed by atoms with Crippen molar-refractivity contribution in [2.75, 3.05) is 25.2 Å². The van der Waals surface area contributed by atoms with Crippen LogP contribution in [0.1, 0.15) is 25.1 Å². The largest absolute Gasteiger partial charge is 0.497 e. The molecule has 0 aliphatic carbocycles. The Hall–Kier alpha value is -2.47. The highest BCUT2D eigenvalue weighted by Gasteiger charge is 2.22. The van der Waals surface area contributed by atoms with Crippen LogP contribution in [0.3, 0.4) is 0 Å². The predicted molar refractivity (Wildman–Crippen MR) is 144 cm³/mol. The summed E-state index contributed by atoms with van der Waals surface area (Å²) in [5.41, 5.74) is 2.87. The van der Waals surface area contributed by atoms with Gasteiger partial charge in [0.05, 0.1) is 30.1 Å². The van der Waals surface area contributed by atoms with Gasteiger partial charge in [-0.25, -0.2) is 4.98 Å². The summed E-state index contributed by atoms with van der Waals surface area (Å²) in [6.45, 7) is 7.72. The molecule has 0 aliphatic heterocycles. The average molecular weight is 503 g/mol. The number of thiazole rings is 1. The van der Waals surface area contributed by atoms with Gasteiger partial charge < -0.3 is 14.4 Å². The van der Waals surface area contributed by atoms with Gasteiger partial charge in [-0.1, -0.05) is 48.9 Å². The van der Waals surface area contributed by atoms with E-state index in [2.05, 4.69) is 55.1 Å². The molecule has 0 saturated heterocycles. The zero-order valence-electron chi connectivity index (χ0n) is 19.2. The van der Waals surface area contributed by atoms with E-state index in [0.717, 1.165) is 56.8 Å². The number of methoxy groups -OCH3 is 1. The number of ether oxygens (including phenoxy) is 2. The lowest BCUT2D eigenvalue weighted by molar-refractivity contribution is 0.341. The Morgan fingerprint density at radius 3 is 2.55 bits per heavy atom. The first kappa shape index (κ1) is 25.2. The number of benzene rings is 3. The Kier molecular flexibility index (Phi) is 8.46. The van der Waals surface area contributed by atoms with E-state index in [1.807, 2.05) is 25.1 Å². The van der Waals surface area contributed by atoms with Crippen molar-refractivity contribution >= 4 is 56.9 Å². The van der Waals surface area contributed by atoms with Crippen LogP contribution in [0.15, 0.2) is 54.6 Å². The summed E-state index contributed by atoms with van der Waals surface area (Å²) in [5.74, 6) is 1.60. The van der Waals surface area contributed by atoms with E-state index >= 15 is 0 Å². The minimum atomic E-state index is 0. The van der Waals surface area contributed by atoms with E-state index in [-0.39, 0.29) is 12.4 Å². The van der Waals surface area contributed by atoms with Gasteiger partial charge in [-0.15, -0.1) is 23.7 Å². The van der Waals surface area contributed by atoms with E-state index < -0.39 is 0 Å². The van der Waals surface area contributed by atoms with Crippen LogP contribution in [0.2, 0.25) is 5.02 Å². The summed E-state index contributed by atoms with van der Waals surface area (Å²) >= 11 is 8.25. The van der Waals surface area contributed by atoms with Crippen LogP contribution in [0.4, 0.5) is 10.8 Å². The van der Waals surface area contributed by atoms with E-state index in [4.69, 9.17) is 26.1 Å². The van der Waals surface area contributed by atoms with Crippen molar-refractivity contribution in [2.45, 2.75) is 27.2 Å². The van der Waals surface area contributed by atoms with Gasteiger partial charge in [0, 0.05) is 22.4 Å². The topological polar surface area (TPSA) is 34.6 Å². The van der Waals surface area contributed by atoms with Gasteiger partial charge in [0.1, 0.15) is 11.5 Å². The second-order valence-corrected chi connectivity index (χ2v) is 9.05. The number of halogens is 2. The molecule has 0 atom stereocenters. The SMILES string of the molecule is CCCN(c1nc(-c2ccc(OC)cc2Cl)c(C)s1)c1c(OCC)ccc2ccccc12.Cl. The van der Waals surface area contributed by atoms with Crippen molar-refractivity contribution in [1.29, 1.82) is 0 Å². The smallest absolute Gasteiger partial charge is 0.190 e. The molecule has 4 rings (SSSR count). The first-order valence-electron chi connectivity index (χ1n) is 10.8. The van der Waals surface area contributed by atoms with Crippen LogP contribution in [0.5, 0.6) is 11.5 Å².